The second kappa shape index (κ2) is 14.7. The minimum Gasteiger partial charge on any atom is -0.468 e. The highest BCUT2D eigenvalue weighted by atomic mass is 16.8. The van der Waals surface area contributed by atoms with Crippen molar-refractivity contribution in [3.05, 3.63) is 33.1 Å². The summed E-state index contributed by atoms with van der Waals surface area (Å²) in [5.41, 5.74) is 5.14. The van der Waals surface area contributed by atoms with Crippen LogP contribution in [0, 0.1) is 0 Å². The number of esters is 1. The molecule has 6 rings (SSSR count). The average molecular weight is 741 g/mol. The summed E-state index contributed by atoms with van der Waals surface area (Å²) in [7, 11) is 1.17. The first kappa shape index (κ1) is 38.8. The van der Waals surface area contributed by atoms with E-state index in [-0.39, 0.29) is 6.54 Å². The third kappa shape index (κ3) is 7.28. The zero-order valence-corrected chi connectivity index (χ0v) is 30.1. The van der Waals surface area contributed by atoms with E-state index >= 15 is 0 Å². The van der Waals surface area contributed by atoms with Gasteiger partial charge in [-0.15, -0.1) is 0 Å². The smallest absolute Gasteiger partial charge is 0.330 e. The summed E-state index contributed by atoms with van der Waals surface area (Å²) >= 11 is 0. The normalized spacial score (nSPS) is 37.2. The first-order valence-electron chi connectivity index (χ1n) is 17.4. The molecule has 0 spiro atoms. The van der Waals surface area contributed by atoms with E-state index in [2.05, 4.69) is 10.3 Å². The summed E-state index contributed by atoms with van der Waals surface area (Å²) in [6.07, 6.45) is -7.36. The number of aldehydes is 2. The number of nitrogens with two attached hydrogens (primary N) is 1. The third-order valence-electron chi connectivity index (χ3n) is 10.0. The quantitative estimate of drug-likeness (QED) is 0.149. The van der Waals surface area contributed by atoms with Crippen LogP contribution in [-0.2, 0) is 61.8 Å². The zero-order valence-electron chi connectivity index (χ0n) is 30.1. The van der Waals surface area contributed by atoms with Crippen LogP contribution in [0.4, 0.5) is 0 Å². The molecule has 0 bridgehead atoms. The SMILES string of the molecule is CCC1(CC)O[C@H]2[C@H](O[C@H](C3O[C@@H](n4ccc(=O)[nH]c4=O)[C@@H]4OC(C)(C)O[C@H]34)[C@H](N)C(=O)OC)O[C@H](CNC(C=O)C3OC(C)(C)OC3C=O)[C@H]2O1. The Bertz CT molecular complexity index is 1590. The number of rotatable bonds is 14. The highest BCUT2D eigenvalue weighted by Crippen LogP contribution is 2.47. The summed E-state index contributed by atoms with van der Waals surface area (Å²) in [6, 6.07) is -1.25. The largest absolute Gasteiger partial charge is 0.468 e. The van der Waals surface area contributed by atoms with Gasteiger partial charge in [0.05, 0.1) is 13.2 Å². The Labute approximate surface area is 298 Å². The van der Waals surface area contributed by atoms with Gasteiger partial charge in [-0.3, -0.25) is 19.1 Å². The molecule has 19 nitrogen and oxygen atoms in total. The predicted octanol–water partition coefficient (Wildman–Crippen LogP) is -1.26. The molecule has 4 unspecified atom stereocenters. The minimum atomic E-state index is -1.46. The Morgan fingerprint density at radius 1 is 0.962 bits per heavy atom. The highest BCUT2D eigenvalue weighted by molar-refractivity contribution is 5.76. The van der Waals surface area contributed by atoms with Crippen LogP contribution in [0.15, 0.2) is 21.9 Å². The van der Waals surface area contributed by atoms with Crippen LogP contribution in [0.25, 0.3) is 0 Å². The fourth-order valence-corrected chi connectivity index (χ4v) is 7.55. The van der Waals surface area contributed by atoms with Crippen LogP contribution in [-0.4, -0.2) is 132 Å². The molecule has 19 heteroatoms. The number of carbonyl (C=O) groups is 3. The molecule has 5 fully saturated rings. The summed E-state index contributed by atoms with van der Waals surface area (Å²) in [6.45, 7) is 10.5. The van der Waals surface area contributed by atoms with Gasteiger partial charge in [-0.25, -0.2) is 4.79 Å². The van der Waals surface area contributed by atoms with E-state index < -0.39 is 114 Å². The molecule has 0 aliphatic carbocycles. The van der Waals surface area contributed by atoms with Crippen LogP contribution in [0.3, 0.4) is 0 Å². The summed E-state index contributed by atoms with van der Waals surface area (Å²) in [5.74, 6) is -4.05. The first-order valence-corrected chi connectivity index (χ1v) is 17.4. The summed E-state index contributed by atoms with van der Waals surface area (Å²) in [5, 5.41) is 3.12. The number of aromatic amines is 1. The average Bonchev–Trinajstić information content (AvgIpc) is 3.88. The van der Waals surface area contributed by atoms with Crippen LogP contribution in [0.2, 0.25) is 0 Å². The van der Waals surface area contributed by atoms with Crippen molar-refractivity contribution in [2.45, 2.75) is 151 Å². The lowest BCUT2D eigenvalue weighted by atomic mass is 9.99. The number of methoxy groups -OCH3 is 1. The van der Waals surface area contributed by atoms with Gasteiger partial charge in [-0.05, 0) is 40.5 Å². The van der Waals surface area contributed by atoms with Gasteiger partial charge in [0.1, 0.15) is 67.3 Å². The first-order chi connectivity index (χ1) is 24.6. The van der Waals surface area contributed by atoms with Crippen molar-refractivity contribution >= 4 is 18.5 Å². The lowest BCUT2D eigenvalue weighted by Gasteiger charge is -2.34. The fourth-order valence-electron chi connectivity index (χ4n) is 7.55. The summed E-state index contributed by atoms with van der Waals surface area (Å²) in [4.78, 5) is 64.0. The zero-order chi connectivity index (χ0) is 37.7. The van der Waals surface area contributed by atoms with E-state index in [1.165, 1.54) is 13.3 Å². The van der Waals surface area contributed by atoms with Crippen LogP contribution in [0.5, 0.6) is 0 Å². The van der Waals surface area contributed by atoms with Gasteiger partial charge in [0, 0.05) is 18.8 Å². The van der Waals surface area contributed by atoms with Crippen molar-refractivity contribution in [1.82, 2.24) is 14.9 Å². The number of ether oxygens (including phenoxy) is 10. The van der Waals surface area contributed by atoms with Crippen LogP contribution < -0.4 is 22.3 Å². The highest BCUT2D eigenvalue weighted by Gasteiger charge is 2.63. The Kier molecular flexibility index (Phi) is 11.0. The Morgan fingerprint density at radius 2 is 1.63 bits per heavy atom. The molecule has 4 N–H and O–H groups in total. The van der Waals surface area contributed by atoms with Gasteiger partial charge >= 0.3 is 11.7 Å². The molecule has 0 radical (unpaired) electrons. The molecule has 290 valence electrons. The number of fused-ring (bicyclic) bond motifs is 2. The summed E-state index contributed by atoms with van der Waals surface area (Å²) < 4.78 is 62.3. The maximum atomic E-state index is 13.0. The number of carbonyl (C=O) groups excluding carboxylic acids is 3. The number of nitrogens with one attached hydrogen (secondary N) is 2. The lowest BCUT2D eigenvalue weighted by molar-refractivity contribution is -0.274. The maximum Gasteiger partial charge on any atom is 0.330 e. The van der Waals surface area contributed by atoms with Crippen molar-refractivity contribution in [2.75, 3.05) is 13.7 Å². The maximum absolute atomic E-state index is 13.0. The van der Waals surface area contributed by atoms with Crippen molar-refractivity contribution < 1.29 is 61.8 Å². The van der Waals surface area contributed by atoms with E-state index in [0.29, 0.717) is 25.4 Å². The minimum absolute atomic E-state index is 0.0316. The monoisotopic (exact) mass is 740 g/mol. The van der Waals surface area contributed by atoms with Crippen molar-refractivity contribution in [3.63, 3.8) is 0 Å². The third-order valence-corrected chi connectivity index (χ3v) is 10.0. The van der Waals surface area contributed by atoms with E-state index in [1.807, 2.05) is 13.8 Å². The molecule has 0 aromatic carbocycles. The molecule has 5 aliphatic heterocycles. The number of hydrogen-bond acceptors (Lipinski definition) is 17. The number of hydrogen-bond donors (Lipinski definition) is 3. The molecular formula is C33H48N4O15. The Hall–Kier alpha value is -2.95. The van der Waals surface area contributed by atoms with Gasteiger partial charge < -0.3 is 68.0 Å². The van der Waals surface area contributed by atoms with Crippen molar-refractivity contribution in [2.24, 2.45) is 5.73 Å². The van der Waals surface area contributed by atoms with Gasteiger partial charge in [-0.1, -0.05) is 13.8 Å². The van der Waals surface area contributed by atoms with Crippen molar-refractivity contribution in [1.29, 1.82) is 0 Å². The molecule has 52 heavy (non-hydrogen) atoms. The van der Waals surface area contributed by atoms with Crippen molar-refractivity contribution in [3.8, 4) is 0 Å². The van der Waals surface area contributed by atoms with E-state index in [0.717, 1.165) is 10.6 Å². The standard InChI is InChI=1S/C33H48N4O15/c1-8-33(9-2)51-21-16(12-35-15(13-38)20-17(14-39)47-31(3,4)48-20)44-29(26(21)52-33)46-22(19(34)28(41)43-7)23-24-25(50-32(5,6)49-24)27(45-23)37-11-10-18(40)36-30(37)42/h10-11,13-17,19-27,29,35H,8-9,12,34H2,1-7H3,(H,36,40,42)/t15?,16-,17?,19+,20?,21-,22+,23?,24-,25-,26-,27-,29+/m1/s1. The molecule has 1 aromatic rings. The number of aromatic nitrogens is 2. The molecular weight excluding hydrogens is 692 g/mol. The molecule has 0 saturated carbocycles. The molecule has 6 heterocycles. The van der Waals surface area contributed by atoms with E-state index in [9.17, 15) is 24.0 Å². The van der Waals surface area contributed by atoms with E-state index in [4.69, 9.17) is 53.1 Å². The molecule has 5 saturated heterocycles. The Morgan fingerprint density at radius 3 is 2.27 bits per heavy atom. The second-order valence-electron chi connectivity index (χ2n) is 14.3. The topological polar surface area (TPSA) is 236 Å². The van der Waals surface area contributed by atoms with Gasteiger partial charge in [0.15, 0.2) is 36.2 Å². The number of nitrogens with zero attached hydrogens (tertiary/aromatic N) is 1. The van der Waals surface area contributed by atoms with Crippen LogP contribution >= 0.6 is 0 Å². The molecule has 1 aromatic heterocycles. The molecule has 0 amide bonds. The lowest BCUT2D eigenvalue weighted by Crippen LogP contribution is -2.56. The Balaban J connectivity index is 1.29. The molecule has 5 aliphatic rings. The van der Waals surface area contributed by atoms with Gasteiger partial charge in [-0.2, -0.15) is 0 Å². The number of H-pyrrole nitrogens is 1. The van der Waals surface area contributed by atoms with Gasteiger partial charge in [0.2, 0.25) is 0 Å². The molecule has 13 atom stereocenters. The van der Waals surface area contributed by atoms with Crippen LogP contribution in [0.1, 0.15) is 60.6 Å². The fraction of sp³-hybridized carbons (Fsp3) is 0.788. The second-order valence-corrected chi connectivity index (χ2v) is 14.3. The van der Waals surface area contributed by atoms with E-state index in [1.54, 1.807) is 27.7 Å². The van der Waals surface area contributed by atoms with Gasteiger partial charge in [0.25, 0.3) is 5.56 Å². The predicted molar refractivity (Wildman–Crippen MR) is 173 cm³/mol.